The second-order valence-corrected chi connectivity index (χ2v) is 2.88. The third-order valence-corrected chi connectivity index (χ3v) is 0.489. The van der Waals surface area contributed by atoms with Gasteiger partial charge in [0.05, 0.1) is 0 Å². The Labute approximate surface area is 100 Å². The molecule has 12 nitrogen and oxygen atoms in total. The van der Waals surface area contributed by atoms with Crippen LogP contribution in [0.25, 0.3) is 0 Å². The number of carbonyl (C=O) groups is 4. The first-order valence-corrected chi connectivity index (χ1v) is 4.83. The van der Waals surface area contributed by atoms with Gasteiger partial charge in [-0.2, -0.15) is 0 Å². The summed E-state index contributed by atoms with van der Waals surface area (Å²) in [5.74, 6) is -7.69. The predicted molar refractivity (Wildman–Crippen MR) is 43.9 cm³/mol. The largest absolute Gasteiger partial charge is 0.473 e. The van der Waals surface area contributed by atoms with E-state index in [-0.39, 0.29) is 0 Å². The van der Waals surface area contributed by atoms with Crippen LogP contribution in [0, 0.1) is 0 Å². The smallest absolute Gasteiger partial charge is 0.466 e. The molecule has 0 spiro atoms. The predicted octanol–water partition coefficient (Wildman–Crippen LogP) is -1.93. The van der Waals surface area contributed by atoms with Crippen LogP contribution in [0.2, 0.25) is 0 Å². The highest BCUT2D eigenvalue weighted by Gasteiger charge is 2.12. The quantitative estimate of drug-likeness (QED) is 0.245. The number of hydrogen-bond donors (Lipinski definition) is 5. The van der Waals surface area contributed by atoms with Crippen LogP contribution >= 0.6 is 7.82 Å². The number of carboxylic acids is 2. The fraction of sp³-hybridized carbons (Fsp3) is 0. The molecule has 19 heavy (non-hydrogen) atoms. The molecule has 0 aromatic heterocycles. The van der Waals surface area contributed by atoms with Gasteiger partial charge in [-0.3, -0.25) is 0 Å². The van der Waals surface area contributed by atoms with Gasteiger partial charge in [0.1, 0.15) is 0 Å². The highest BCUT2D eigenvalue weighted by atomic mass is 31.2. The summed E-state index contributed by atoms with van der Waals surface area (Å²) in [5, 5.41) is 14.9. The Hall–Kier alpha value is -2.15. The lowest BCUT2D eigenvalue weighted by atomic mass is 10.7. The average molecular weight is 314 g/mol. The van der Waals surface area contributed by atoms with Gasteiger partial charge in [-0.1, -0.05) is 0 Å². The summed E-state index contributed by atoms with van der Waals surface area (Å²) < 4.78 is 29.7. The Balaban J connectivity index is -0.000000206. The monoisotopic (exact) mass is 314 g/mol. The lowest BCUT2D eigenvalue weighted by Crippen LogP contribution is -2.11. The maximum atomic E-state index is 10.4. The molecule has 112 valence electrons. The molecule has 0 rings (SSSR count). The van der Waals surface area contributed by atoms with E-state index in [4.69, 9.17) is 29.5 Å². The first-order valence-electron chi connectivity index (χ1n) is 3.26. The van der Waals surface area contributed by atoms with Crippen molar-refractivity contribution < 1.29 is 67.6 Å². The van der Waals surface area contributed by atoms with Gasteiger partial charge in [0.15, 0.2) is 0 Å². The Morgan fingerprint density at radius 3 is 0.947 bits per heavy atom. The van der Waals surface area contributed by atoms with Crippen molar-refractivity contribution in [2.75, 3.05) is 0 Å². The van der Waals surface area contributed by atoms with E-state index in [2.05, 4.69) is 9.88 Å². The van der Waals surface area contributed by atoms with E-state index >= 15 is 0 Å². The van der Waals surface area contributed by atoms with Crippen LogP contribution < -0.4 is 0 Å². The standard InChI is InChI=1S/2C2HFO4.H3O4P/c2*3-7-2(6)1(4)5;1-5(2,3)4/h2*(H,4,5);(H3,1,2,3,4). The molecule has 0 bridgehead atoms. The van der Waals surface area contributed by atoms with Crippen LogP contribution in [0.3, 0.4) is 0 Å². The molecule has 0 saturated carbocycles. The lowest BCUT2D eigenvalue weighted by Gasteiger charge is -1.82. The maximum Gasteiger partial charge on any atom is 0.466 e. The SMILES string of the molecule is O=C(O)C(=O)OF.O=C(O)C(=O)OF.O=P(O)(O)O. The van der Waals surface area contributed by atoms with Crippen molar-refractivity contribution in [1.29, 1.82) is 0 Å². The first-order chi connectivity index (χ1) is 8.36. The molecule has 5 N–H and O–H groups in total. The van der Waals surface area contributed by atoms with Crippen molar-refractivity contribution in [1.82, 2.24) is 0 Å². The molecule has 0 amide bonds. The van der Waals surface area contributed by atoms with Crippen molar-refractivity contribution in [2.24, 2.45) is 0 Å². The van der Waals surface area contributed by atoms with E-state index in [9.17, 15) is 28.2 Å². The van der Waals surface area contributed by atoms with Gasteiger partial charge in [-0.05, 0) is 0 Å². The molecule has 0 aromatic rings. The van der Waals surface area contributed by atoms with Crippen molar-refractivity contribution in [3.63, 3.8) is 0 Å². The van der Waals surface area contributed by atoms with Crippen LogP contribution in [0.5, 0.6) is 0 Å². The Kier molecular flexibility index (Phi) is 12.7. The summed E-state index contributed by atoms with van der Waals surface area (Å²) in [6.07, 6.45) is 0. The van der Waals surface area contributed by atoms with Crippen LogP contribution in [-0.4, -0.2) is 48.8 Å². The van der Waals surface area contributed by atoms with E-state index in [1.54, 1.807) is 0 Å². The van der Waals surface area contributed by atoms with Crippen molar-refractivity contribution in [3.05, 3.63) is 0 Å². The summed E-state index contributed by atoms with van der Waals surface area (Å²) in [6.45, 7) is 0. The molecule has 0 fully saturated rings. The summed E-state index contributed by atoms with van der Waals surface area (Å²) in [5.41, 5.74) is 0. The molecule has 0 aliphatic heterocycles. The normalized spacial score (nSPS) is 8.68. The molecule has 0 unspecified atom stereocenters. The third-order valence-electron chi connectivity index (χ3n) is 0.489. The number of halogens is 2. The van der Waals surface area contributed by atoms with Gasteiger partial charge in [0, 0.05) is 9.05 Å². The van der Waals surface area contributed by atoms with Gasteiger partial charge in [0.25, 0.3) is 0 Å². The summed E-state index contributed by atoms with van der Waals surface area (Å²) in [4.78, 5) is 63.2. The summed E-state index contributed by atoms with van der Waals surface area (Å²) >= 11 is 0. The number of aliphatic carboxylic acids is 2. The second kappa shape index (κ2) is 11.0. The van der Waals surface area contributed by atoms with Gasteiger partial charge in [-0.15, -0.1) is 0 Å². The number of hydrogen-bond acceptors (Lipinski definition) is 7. The van der Waals surface area contributed by atoms with Gasteiger partial charge in [-0.25, -0.2) is 33.6 Å². The Morgan fingerprint density at radius 2 is 0.947 bits per heavy atom. The molecule has 0 atom stereocenters. The third kappa shape index (κ3) is 31.3. The molecule has 0 aliphatic rings. The van der Waals surface area contributed by atoms with Crippen molar-refractivity contribution in [3.8, 4) is 0 Å². The number of rotatable bonds is 0. The van der Waals surface area contributed by atoms with Crippen molar-refractivity contribution in [2.45, 2.75) is 0 Å². The fourth-order valence-corrected chi connectivity index (χ4v) is 0.0660. The van der Waals surface area contributed by atoms with E-state index < -0.39 is 31.7 Å². The summed E-state index contributed by atoms with van der Waals surface area (Å²) in [6, 6.07) is 0. The average Bonchev–Trinajstić information content (AvgIpc) is 2.25. The highest BCUT2D eigenvalue weighted by Crippen LogP contribution is 2.25. The number of carbonyl (C=O) groups excluding carboxylic acids is 2. The zero-order valence-electron chi connectivity index (χ0n) is 8.30. The van der Waals surface area contributed by atoms with E-state index in [1.807, 2.05) is 0 Å². The number of carboxylic acid groups (broad SMARTS) is 2. The molecule has 0 saturated heterocycles. The maximum absolute atomic E-state index is 10.4. The van der Waals surface area contributed by atoms with Crippen LogP contribution in [0.1, 0.15) is 0 Å². The molecule has 0 aromatic carbocycles. The van der Waals surface area contributed by atoms with Gasteiger partial charge >= 0.3 is 31.7 Å². The van der Waals surface area contributed by atoms with Gasteiger partial charge in [0.2, 0.25) is 0 Å². The minimum atomic E-state index is -4.64. The van der Waals surface area contributed by atoms with E-state index in [0.29, 0.717) is 0 Å². The second-order valence-electron chi connectivity index (χ2n) is 1.85. The molecular weight excluding hydrogens is 309 g/mol. The van der Waals surface area contributed by atoms with Crippen LogP contribution in [-0.2, 0) is 33.6 Å². The van der Waals surface area contributed by atoms with E-state index in [1.165, 1.54) is 0 Å². The van der Waals surface area contributed by atoms with Crippen LogP contribution in [0.4, 0.5) is 9.05 Å². The highest BCUT2D eigenvalue weighted by molar-refractivity contribution is 7.45. The minimum Gasteiger partial charge on any atom is -0.473 e. The lowest BCUT2D eigenvalue weighted by molar-refractivity contribution is -0.192. The zero-order valence-corrected chi connectivity index (χ0v) is 9.19. The molecule has 15 heteroatoms. The summed E-state index contributed by atoms with van der Waals surface area (Å²) in [7, 11) is -4.64. The molecule has 0 aliphatic carbocycles. The topological polar surface area (TPSA) is 205 Å². The Bertz CT molecular complexity index is 338. The van der Waals surface area contributed by atoms with E-state index in [0.717, 1.165) is 0 Å². The molecular formula is C4H5F2O12P. The fourth-order valence-electron chi connectivity index (χ4n) is 0.0660. The van der Waals surface area contributed by atoms with Gasteiger partial charge < -0.3 is 24.9 Å². The molecule has 0 radical (unpaired) electrons. The minimum absolute atomic E-state index is 1.90. The van der Waals surface area contributed by atoms with Crippen molar-refractivity contribution >= 4 is 31.7 Å². The zero-order chi connectivity index (χ0) is 16.2. The van der Waals surface area contributed by atoms with Crippen LogP contribution in [0.15, 0.2) is 0 Å². The Morgan fingerprint density at radius 1 is 0.789 bits per heavy atom. The molecule has 0 heterocycles. The number of phosphoric acid groups is 1. The first kappa shape index (κ1) is 22.1.